The van der Waals surface area contributed by atoms with Crippen LogP contribution in [0.25, 0.3) is 0 Å². The minimum absolute atomic E-state index is 0.337. The number of nitrogens with two attached hydrogens (primary N) is 1. The van der Waals surface area contributed by atoms with E-state index in [2.05, 4.69) is 5.43 Å². The van der Waals surface area contributed by atoms with E-state index in [9.17, 15) is 4.79 Å². The molecule has 3 N–H and O–H groups in total. The van der Waals surface area contributed by atoms with Crippen LogP contribution in [-0.2, 0) is 5.75 Å². The zero-order valence-electron chi connectivity index (χ0n) is 8.30. The number of furan rings is 1. The highest BCUT2D eigenvalue weighted by molar-refractivity contribution is 8.00. The van der Waals surface area contributed by atoms with Crippen LogP contribution in [0.2, 0.25) is 0 Å². The molecule has 84 valence electrons. The van der Waals surface area contributed by atoms with Crippen molar-refractivity contribution in [2.75, 3.05) is 0 Å². The van der Waals surface area contributed by atoms with Gasteiger partial charge in [0.2, 0.25) is 0 Å². The number of nitrogens with one attached hydrogen (secondary N) is 1. The molecule has 0 fully saturated rings. The number of hydrazine groups is 1. The van der Waals surface area contributed by atoms with Crippen molar-refractivity contribution in [3.05, 3.63) is 41.2 Å². The first-order chi connectivity index (χ1) is 7.79. The van der Waals surface area contributed by atoms with E-state index < -0.39 is 0 Å². The number of amides is 1. The van der Waals surface area contributed by atoms with Crippen LogP contribution in [0.4, 0.5) is 0 Å². The van der Waals surface area contributed by atoms with E-state index in [0.29, 0.717) is 11.3 Å². The van der Waals surface area contributed by atoms with Crippen molar-refractivity contribution in [3.8, 4) is 0 Å². The molecule has 0 saturated carbocycles. The predicted molar refractivity (Wildman–Crippen MR) is 64.2 cm³/mol. The normalized spacial score (nSPS) is 10.3. The van der Waals surface area contributed by atoms with Gasteiger partial charge in [0.05, 0.1) is 15.5 Å². The largest absolute Gasteiger partial charge is 0.468 e. The molecular formula is C10H10N2O2S2. The first kappa shape index (κ1) is 11.3. The minimum Gasteiger partial charge on any atom is -0.468 e. The van der Waals surface area contributed by atoms with Crippen LogP contribution >= 0.6 is 23.1 Å². The molecule has 1 amide bonds. The smallest absolute Gasteiger partial charge is 0.268 e. The zero-order valence-corrected chi connectivity index (χ0v) is 9.94. The van der Waals surface area contributed by atoms with E-state index in [-0.39, 0.29) is 5.91 Å². The number of carbonyl (C=O) groups is 1. The summed E-state index contributed by atoms with van der Waals surface area (Å²) in [5, 5.41) is 2.03. The number of rotatable bonds is 4. The van der Waals surface area contributed by atoms with Gasteiger partial charge in [-0.05, 0) is 17.5 Å². The lowest BCUT2D eigenvalue weighted by Gasteiger charge is -1.93. The second-order valence-corrected chi connectivity index (χ2v) is 5.22. The van der Waals surface area contributed by atoms with Crippen LogP contribution in [0, 0.1) is 0 Å². The molecule has 0 aliphatic rings. The Morgan fingerprint density at radius 1 is 1.62 bits per heavy atom. The van der Waals surface area contributed by atoms with E-state index in [4.69, 9.17) is 10.3 Å². The highest BCUT2D eigenvalue weighted by Crippen LogP contribution is 2.27. The molecular weight excluding hydrogens is 244 g/mol. The third-order valence-electron chi connectivity index (χ3n) is 1.90. The lowest BCUT2D eigenvalue weighted by molar-refractivity contribution is 0.0953. The Morgan fingerprint density at radius 3 is 3.19 bits per heavy atom. The molecule has 2 aromatic rings. The van der Waals surface area contributed by atoms with Gasteiger partial charge in [-0.1, -0.05) is 6.07 Å². The average molecular weight is 254 g/mol. The van der Waals surface area contributed by atoms with E-state index in [1.54, 1.807) is 29.2 Å². The molecule has 2 heterocycles. The molecule has 0 unspecified atom stereocenters. The first-order valence-electron chi connectivity index (χ1n) is 4.54. The van der Waals surface area contributed by atoms with Gasteiger partial charge in [0.1, 0.15) is 12.0 Å². The zero-order chi connectivity index (χ0) is 11.4. The quantitative estimate of drug-likeness (QED) is 0.380. The number of thiophene rings is 1. The lowest BCUT2D eigenvalue weighted by Crippen LogP contribution is -2.29. The fraction of sp³-hybridized carbons (Fsp3) is 0.100. The Labute approximate surface area is 101 Å². The molecule has 0 spiro atoms. The van der Waals surface area contributed by atoms with Crippen molar-refractivity contribution in [3.63, 3.8) is 0 Å². The first-order valence-corrected chi connectivity index (χ1v) is 6.41. The van der Waals surface area contributed by atoms with E-state index >= 15 is 0 Å². The van der Waals surface area contributed by atoms with Crippen molar-refractivity contribution in [1.29, 1.82) is 0 Å². The molecule has 0 bridgehead atoms. The van der Waals surface area contributed by atoms with Gasteiger partial charge in [-0.25, -0.2) is 5.84 Å². The van der Waals surface area contributed by atoms with Crippen molar-refractivity contribution >= 4 is 29.0 Å². The summed E-state index contributed by atoms with van der Waals surface area (Å²) in [6, 6.07) is 5.75. The summed E-state index contributed by atoms with van der Waals surface area (Å²) in [7, 11) is 0. The Morgan fingerprint density at radius 2 is 2.50 bits per heavy atom. The van der Waals surface area contributed by atoms with Gasteiger partial charge in [0.15, 0.2) is 0 Å². The summed E-state index contributed by atoms with van der Waals surface area (Å²) in [5.41, 5.74) is 2.51. The highest BCUT2D eigenvalue weighted by Gasteiger charge is 2.08. The second-order valence-electron chi connectivity index (χ2n) is 3.00. The number of hydrogen-bond donors (Lipinski definition) is 2. The van der Waals surface area contributed by atoms with E-state index in [1.165, 1.54) is 10.5 Å². The second kappa shape index (κ2) is 5.20. The Kier molecular flexibility index (Phi) is 3.66. The van der Waals surface area contributed by atoms with Gasteiger partial charge < -0.3 is 4.42 Å². The van der Waals surface area contributed by atoms with Crippen molar-refractivity contribution in [2.45, 2.75) is 9.96 Å². The molecule has 0 aliphatic heterocycles. The maximum Gasteiger partial charge on any atom is 0.268 e. The highest BCUT2D eigenvalue weighted by atomic mass is 32.2. The SMILES string of the molecule is NNC(=O)c1coc(CSc2cccs2)c1. The van der Waals surface area contributed by atoms with Gasteiger partial charge in [-0.3, -0.25) is 10.2 Å². The average Bonchev–Trinajstić information content (AvgIpc) is 2.96. The molecule has 0 radical (unpaired) electrons. The van der Waals surface area contributed by atoms with Crippen LogP contribution in [0.3, 0.4) is 0 Å². The fourth-order valence-corrected chi connectivity index (χ4v) is 2.82. The maximum atomic E-state index is 11.2. The Balaban J connectivity index is 1.95. The van der Waals surface area contributed by atoms with Crippen LogP contribution in [0.1, 0.15) is 16.1 Å². The van der Waals surface area contributed by atoms with Crippen molar-refractivity contribution < 1.29 is 9.21 Å². The molecule has 0 aliphatic carbocycles. The summed E-state index contributed by atoms with van der Waals surface area (Å²) >= 11 is 3.36. The number of carbonyl (C=O) groups excluding carboxylic acids is 1. The van der Waals surface area contributed by atoms with E-state index in [0.717, 1.165) is 5.76 Å². The summed E-state index contributed by atoms with van der Waals surface area (Å²) in [6.07, 6.45) is 1.41. The topological polar surface area (TPSA) is 68.3 Å². The Bertz CT molecular complexity index is 465. The summed E-state index contributed by atoms with van der Waals surface area (Å²) in [5.74, 6) is 6.15. The van der Waals surface area contributed by atoms with Crippen molar-refractivity contribution in [1.82, 2.24) is 5.43 Å². The lowest BCUT2D eigenvalue weighted by atomic mass is 10.3. The third-order valence-corrected chi connectivity index (χ3v) is 4.05. The number of nitrogen functional groups attached to an aromatic ring is 1. The molecule has 4 nitrogen and oxygen atoms in total. The van der Waals surface area contributed by atoms with Crippen LogP contribution < -0.4 is 11.3 Å². The van der Waals surface area contributed by atoms with Gasteiger partial charge in [-0.15, -0.1) is 23.1 Å². The van der Waals surface area contributed by atoms with Crippen LogP contribution in [0.5, 0.6) is 0 Å². The van der Waals surface area contributed by atoms with Crippen LogP contribution in [-0.4, -0.2) is 5.91 Å². The van der Waals surface area contributed by atoms with Gasteiger partial charge in [0, 0.05) is 0 Å². The third kappa shape index (κ3) is 2.66. The number of thioether (sulfide) groups is 1. The standard InChI is InChI=1S/C10H10N2O2S2/c11-12-10(13)7-4-8(14-5-7)6-16-9-2-1-3-15-9/h1-5H,6,11H2,(H,12,13). The minimum atomic E-state index is -0.337. The predicted octanol–water partition coefficient (Wildman–Crippen LogP) is 2.24. The maximum absolute atomic E-state index is 11.2. The van der Waals surface area contributed by atoms with Crippen molar-refractivity contribution in [2.24, 2.45) is 5.84 Å². The van der Waals surface area contributed by atoms with Gasteiger partial charge >= 0.3 is 0 Å². The molecule has 2 aromatic heterocycles. The Hall–Kier alpha value is -1.24. The summed E-state index contributed by atoms with van der Waals surface area (Å²) in [6.45, 7) is 0. The van der Waals surface area contributed by atoms with E-state index in [1.807, 2.05) is 17.5 Å². The van der Waals surface area contributed by atoms with Gasteiger partial charge in [-0.2, -0.15) is 0 Å². The number of hydrogen-bond acceptors (Lipinski definition) is 5. The van der Waals surface area contributed by atoms with Crippen LogP contribution in [0.15, 0.2) is 38.5 Å². The molecule has 0 aromatic carbocycles. The fourth-order valence-electron chi connectivity index (χ4n) is 1.15. The molecule has 0 atom stereocenters. The molecule has 6 heteroatoms. The molecule has 2 rings (SSSR count). The monoisotopic (exact) mass is 254 g/mol. The summed E-state index contributed by atoms with van der Waals surface area (Å²) < 4.78 is 6.48. The summed E-state index contributed by atoms with van der Waals surface area (Å²) in [4.78, 5) is 11.2. The molecule has 16 heavy (non-hydrogen) atoms. The molecule has 0 saturated heterocycles. The van der Waals surface area contributed by atoms with Gasteiger partial charge in [0.25, 0.3) is 5.91 Å².